The monoisotopic (exact) mass is 450 g/mol. The predicted octanol–water partition coefficient (Wildman–Crippen LogP) is 4.00. The number of primary amides is 1. The Labute approximate surface area is 193 Å². The van der Waals surface area contributed by atoms with Crippen LogP contribution in [0.1, 0.15) is 29.8 Å². The highest BCUT2D eigenvalue weighted by Gasteiger charge is 2.16. The van der Waals surface area contributed by atoms with Gasteiger partial charge in [0.25, 0.3) is 0 Å². The van der Waals surface area contributed by atoms with Crippen LogP contribution in [0.25, 0.3) is 11.3 Å². The van der Waals surface area contributed by atoms with Crippen LogP contribution in [0.5, 0.6) is 0 Å². The number of nitrogens with zero attached hydrogens (tertiary/aromatic N) is 4. The fourth-order valence-corrected chi connectivity index (χ4v) is 4.54. The molecule has 0 unspecified atom stereocenters. The summed E-state index contributed by atoms with van der Waals surface area (Å²) in [5.74, 6) is 1.07. The zero-order chi connectivity index (χ0) is 22.7. The number of likely N-dealkylation sites (N-methyl/N-ethyl adjacent to an activating group) is 1. The summed E-state index contributed by atoms with van der Waals surface area (Å²) in [6.07, 6.45) is 2.79. The van der Waals surface area contributed by atoms with E-state index in [2.05, 4.69) is 53.1 Å². The first kappa shape index (κ1) is 22.2. The third kappa shape index (κ3) is 5.26. The number of nitrogens with one attached hydrogen (secondary N) is 1. The number of thiazole rings is 1. The van der Waals surface area contributed by atoms with Crippen molar-refractivity contribution in [1.82, 2.24) is 14.9 Å². The average molecular weight is 451 g/mol. The van der Waals surface area contributed by atoms with Crippen molar-refractivity contribution in [3.8, 4) is 11.3 Å². The van der Waals surface area contributed by atoms with E-state index in [-0.39, 0.29) is 0 Å². The van der Waals surface area contributed by atoms with Crippen molar-refractivity contribution in [1.29, 1.82) is 0 Å². The molecule has 0 saturated carbocycles. The Balaban J connectivity index is 1.50. The highest BCUT2D eigenvalue weighted by Crippen LogP contribution is 2.30. The Morgan fingerprint density at radius 2 is 1.97 bits per heavy atom. The van der Waals surface area contributed by atoms with E-state index in [1.807, 2.05) is 23.7 Å². The van der Waals surface area contributed by atoms with Gasteiger partial charge >= 0.3 is 0 Å². The van der Waals surface area contributed by atoms with Gasteiger partial charge < -0.3 is 20.9 Å². The lowest BCUT2D eigenvalue weighted by atomic mass is 9.99. The number of nitrogens with two attached hydrogens (primary N) is 1. The van der Waals surface area contributed by atoms with Gasteiger partial charge in [-0.2, -0.15) is 0 Å². The van der Waals surface area contributed by atoms with Crippen LogP contribution in [0.15, 0.2) is 41.9 Å². The van der Waals surface area contributed by atoms with Crippen LogP contribution < -0.4 is 16.0 Å². The van der Waals surface area contributed by atoms with Crippen molar-refractivity contribution in [2.75, 3.05) is 43.4 Å². The molecule has 0 bridgehead atoms. The van der Waals surface area contributed by atoms with Crippen LogP contribution in [0.3, 0.4) is 0 Å². The molecule has 3 heterocycles. The molecule has 1 saturated heterocycles. The number of aromatic nitrogens is 2. The number of benzene rings is 1. The normalized spacial score (nSPS) is 14.7. The largest absolute Gasteiger partial charge is 0.366 e. The predicted molar refractivity (Wildman–Crippen MR) is 132 cm³/mol. The van der Waals surface area contributed by atoms with Gasteiger partial charge in [-0.05, 0) is 49.2 Å². The van der Waals surface area contributed by atoms with E-state index < -0.39 is 5.91 Å². The number of anilines is 3. The van der Waals surface area contributed by atoms with E-state index in [1.54, 1.807) is 6.07 Å². The fraction of sp³-hybridized carbons (Fsp3) is 0.375. The maximum Gasteiger partial charge on any atom is 0.248 e. The summed E-state index contributed by atoms with van der Waals surface area (Å²) >= 11 is 1.53. The molecular weight excluding hydrogens is 420 g/mol. The van der Waals surface area contributed by atoms with Gasteiger partial charge in [0.1, 0.15) is 5.82 Å². The minimum absolute atomic E-state index is 0.435. The first-order valence-corrected chi connectivity index (χ1v) is 11.8. The van der Waals surface area contributed by atoms with Gasteiger partial charge in [0.05, 0.1) is 5.69 Å². The topological polar surface area (TPSA) is 87.4 Å². The number of hydrogen-bond donors (Lipinski definition) is 2. The third-order valence-electron chi connectivity index (χ3n) is 5.64. The first-order valence-electron chi connectivity index (χ1n) is 10.9. The molecule has 1 aliphatic heterocycles. The van der Waals surface area contributed by atoms with E-state index in [0.29, 0.717) is 11.5 Å². The number of pyridine rings is 1. The summed E-state index contributed by atoms with van der Waals surface area (Å²) in [6.45, 7) is 8.45. The quantitative estimate of drug-likeness (QED) is 0.566. The Bertz CT molecular complexity index is 1070. The minimum Gasteiger partial charge on any atom is -0.366 e. The molecule has 8 heteroatoms. The summed E-state index contributed by atoms with van der Waals surface area (Å²) in [5.41, 5.74) is 9.86. The molecule has 0 aliphatic carbocycles. The second-order valence-corrected chi connectivity index (χ2v) is 9.55. The lowest BCUT2D eigenvalue weighted by molar-refractivity contribution is 0.100. The van der Waals surface area contributed by atoms with Crippen LogP contribution >= 0.6 is 11.3 Å². The molecule has 1 fully saturated rings. The standard InChI is InChI=1S/C24H30N6OS/c1-16(2)12-17-4-5-18(23(25)31)13-20(17)27-24-28-21(15-32-24)19-6-7-22(26-14-19)30-10-8-29(3)9-11-30/h4-7,13-16H,8-12H2,1-3H3,(H2,25,31)(H,27,28). The van der Waals surface area contributed by atoms with Gasteiger partial charge in [-0.3, -0.25) is 4.79 Å². The number of carbonyl (C=O) groups excluding carboxylic acids is 1. The number of carbonyl (C=O) groups is 1. The number of amides is 1. The fourth-order valence-electron chi connectivity index (χ4n) is 3.80. The zero-order valence-corrected chi connectivity index (χ0v) is 19.7. The van der Waals surface area contributed by atoms with Crippen LogP contribution in [0.4, 0.5) is 16.6 Å². The molecule has 2 aromatic heterocycles. The summed E-state index contributed by atoms with van der Waals surface area (Å²) < 4.78 is 0. The second kappa shape index (κ2) is 9.67. The molecule has 0 radical (unpaired) electrons. The molecule has 32 heavy (non-hydrogen) atoms. The molecule has 3 N–H and O–H groups in total. The SMILES string of the molecule is CC(C)Cc1ccc(C(N)=O)cc1Nc1nc(-c2ccc(N3CCN(C)CC3)nc2)cs1. The van der Waals surface area contributed by atoms with Crippen LogP contribution in [-0.2, 0) is 6.42 Å². The van der Waals surface area contributed by atoms with Crippen molar-refractivity contribution < 1.29 is 4.79 Å². The molecule has 0 atom stereocenters. The Morgan fingerprint density at radius 3 is 2.62 bits per heavy atom. The molecule has 7 nitrogen and oxygen atoms in total. The van der Waals surface area contributed by atoms with Gasteiger partial charge in [0.2, 0.25) is 5.91 Å². The summed E-state index contributed by atoms with van der Waals surface area (Å²) in [6, 6.07) is 9.72. The minimum atomic E-state index is -0.435. The molecule has 1 aromatic carbocycles. The van der Waals surface area contributed by atoms with Crippen molar-refractivity contribution in [3.05, 3.63) is 53.0 Å². The number of rotatable bonds is 7. The lowest BCUT2D eigenvalue weighted by Gasteiger charge is -2.33. The van der Waals surface area contributed by atoms with Crippen LogP contribution in [-0.4, -0.2) is 54.0 Å². The molecule has 3 aromatic rings. The maximum absolute atomic E-state index is 11.7. The number of piperazine rings is 1. The van der Waals surface area contributed by atoms with Crippen LogP contribution in [0.2, 0.25) is 0 Å². The summed E-state index contributed by atoms with van der Waals surface area (Å²) in [5, 5.41) is 6.19. The molecule has 168 valence electrons. The van der Waals surface area contributed by atoms with Crippen LogP contribution in [0, 0.1) is 5.92 Å². The molecular formula is C24H30N6OS. The van der Waals surface area contributed by atoms with E-state index in [1.165, 1.54) is 11.3 Å². The van der Waals surface area contributed by atoms with E-state index >= 15 is 0 Å². The lowest BCUT2D eigenvalue weighted by Crippen LogP contribution is -2.44. The highest BCUT2D eigenvalue weighted by molar-refractivity contribution is 7.14. The Hall–Kier alpha value is -2.97. The van der Waals surface area contributed by atoms with Gasteiger partial charge in [-0.15, -0.1) is 11.3 Å². The zero-order valence-electron chi connectivity index (χ0n) is 18.8. The summed E-state index contributed by atoms with van der Waals surface area (Å²) in [4.78, 5) is 25.7. The van der Waals surface area contributed by atoms with E-state index in [9.17, 15) is 4.79 Å². The van der Waals surface area contributed by atoms with Gasteiger partial charge in [0.15, 0.2) is 5.13 Å². The van der Waals surface area contributed by atoms with Crippen molar-refractivity contribution in [2.45, 2.75) is 20.3 Å². The number of hydrogen-bond acceptors (Lipinski definition) is 7. The van der Waals surface area contributed by atoms with Gasteiger partial charge in [-0.1, -0.05) is 19.9 Å². The second-order valence-electron chi connectivity index (χ2n) is 8.69. The Kier molecular flexibility index (Phi) is 6.72. The van der Waals surface area contributed by atoms with E-state index in [0.717, 1.165) is 66.1 Å². The van der Waals surface area contributed by atoms with Gasteiger partial charge in [-0.25, -0.2) is 9.97 Å². The smallest absolute Gasteiger partial charge is 0.248 e. The summed E-state index contributed by atoms with van der Waals surface area (Å²) in [7, 11) is 2.15. The first-order chi connectivity index (χ1) is 15.4. The molecule has 4 rings (SSSR count). The van der Waals surface area contributed by atoms with Crippen molar-refractivity contribution >= 4 is 33.9 Å². The average Bonchev–Trinajstić information content (AvgIpc) is 3.24. The van der Waals surface area contributed by atoms with Crippen molar-refractivity contribution in [3.63, 3.8) is 0 Å². The molecule has 1 aliphatic rings. The van der Waals surface area contributed by atoms with E-state index in [4.69, 9.17) is 10.7 Å². The molecule has 0 spiro atoms. The highest BCUT2D eigenvalue weighted by atomic mass is 32.1. The maximum atomic E-state index is 11.7. The molecule has 1 amide bonds. The van der Waals surface area contributed by atoms with Gasteiger partial charge in [0, 0.05) is 54.6 Å². The third-order valence-corrected chi connectivity index (χ3v) is 6.40. The Morgan fingerprint density at radius 1 is 1.19 bits per heavy atom. The van der Waals surface area contributed by atoms with Crippen molar-refractivity contribution in [2.24, 2.45) is 11.7 Å².